The Labute approximate surface area is 112 Å². The van der Waals surface area contributed by atoms with Crippen LogP contribution in [0.4, 0.5) is 17.6 Å². The van der Waals surface area contributed by atoms with Gasteiger partial charge >= 0.3 is 12.1 Å². The monoisotopic (exact) mass is 291 g/mol. The summed E-state index contributed by atoms with van der Waals surface area (Å²) in [6.45, 7) is -1.98. The molecular weight excluding hydrogens is 278 g/mol. The van der Waals surface area contributed by atoms with Gasteiger partial charge in [-0.2, -0.15) is 13.2 Å². The van der Waals surface area contributed by atoms with E-state index in [1.54, 1.807) is 0 Å². The zero-order valence-corrected chi connectivity index (χ0v) is 10.5. The lowest BCUT2D eigenvalue weighted by atomic mass is 10.1. The highest BCUT2D eigenvalue weighted by atomic mass is 19.4. The minimum absolute atomic E-state index is 0.363. The molecule has 1 aromatic carbocycles. The molecule has 0 aromatic heterocycles. The number of rotatable bonds is 4. The molecule has 1 unspecified atom stereocenters. The van der Waals surface area contributed by atoms with Gasteiger partial charge in [0.25, 0.3) is 0 Å². The van der Waals surface area contributed by atoms with E-state index in [-0.39, 0.29) is 0 Å². The second kappa shape index (κ2) is 5.40. The lowest BCUT2D eigenvalue weighted by Crippen LogP contribution is -2.39. The molecule has 20 heavy (non-hydrogen) atoms. The van der Waals surface area contributed by atoms with Crippen molar-refractivity contribution in [2.75, 3.05) is 13.1 Å². The molecule has 110 valence electrons. The first-order valence-electron chi connectivity index (χ1n) is 6.07. The molecule has 0 amide bonds. The third kappa shape index (κ3) is 3.47. The predicted octanol–water partition coefficient (Wildman–Crippen LogP) is 2.76. The van der Waals surface area contributed by atoms with Crippen LogP contribution < -0.4 is 0 Å². The molecule has 1 aliphatic carbocycles. The fourth-order valence-corrected chi connectivity index (χ4v) is 2.62. The number of alkyl halides is 3. The zero-order chi connectivity index (χ0) is 14.9. The highest BCUT2D eigenvalue weighted by Crippen LogP contribution is 2.37. The molecule has 0 aliphatic heterocycles. The number of carbonyl (C=O) groups is 1. The molecule has 0 saturated carbocycles. The standard InChI is InChI=1S/C13H13F4NO2/c14-9-2-3-10-8(5-9)1-4-11(10)18(6-12(19)20)7-13(15,16)17/h2-3,5,11H,1,4,6-7H2,(H,19,20). The van der Waals surface area contributed by atoms with Crippen LogP contribution in [0.2, 0.25) is 0 Å². The number of carboxylic acid groups (broad SMARTS) is 1. The number of halogens is 4. The van der Waals surface area contributed by atoms with Crippen LogP contribution in [0, 0.1) is 5.82 Å². The summed E-state index contributed by atoms with van der Waals surface area (Å²) in [6.07, 6.45) is -3.66. The fraction of sp³-hybridized carbons (Fsp3) is 0.462. The Morgan fingerprint density at radius 1 is 1.40 bits per heavy atom. The summed E-state index contributed by atoms with van der Waals surface area (Å²) in [6, 6.07) is 3.28. The molecule has 0 spiro atoms. The molecule has 7 heteroatoms. The van der Waals surface area contributed by atoms with Crippen LogP contribution in [0.3, 0.4) is 0 Å². The van der Waals surface area contributed by atoms with Gasteiger partial charge in [0.1, 0.15) is 5.82 Å². The van der Waals surface area contributed by atoms with E-state index in [0.29, 0.717) is 24.0 Å². The predicted molar refractivity (Wildman–Crippen MR) is 62.7 cm³/mol. The molecule has 1 atom stereocenters. The Kier molecular flexibility index (Phi) is 3.99. The summed E-state index contributed by atoms with van der Waals surface area (Å²) in [4.78, 5) is 11.6. The SMILES string of the molecule is O=C(O)CN(CC(F)(F)F)C1CCc2cc(F)ccc21. The third-order valence-corrected chi connectivity index (χ3v) is 3.31. The summed E-state index contributed by atoms with van der Waals surface area (Å²) >= 11 is 0. The quantitative estimate of drug-likeness (QED) is 0.867. The third-order valence-electron chi connectivity index (χ3n) is 3.31. The van der Waals surface area contributed by atoms with E-state index in [2.05, 4.69) is 0 Å². The highest BCUT2D eigenvalue weighted by molar-refractivity contribution is 5.69. The van der Waals surface area contributed by atoms with Crippen molar-refractivity contribution in [1.29, 1.82) is 0 Å². The number of carboxylic acids is 1. The molecule has 2 rings (SSSR count). The molecule has 0 fully saturated rings. The molecule has 1 N–H and O–H groups in total. The Bertz CT molecular complexity index is 516. The van der Waals surface area contributed by atoms with Gasteiger partial charge in [-0.3, -0.25) is 9.69 Å². The van der Waals surface area contributed by atoms with E-state index in [9.17, 15) is 22.4 Å². The average molecular weight is 291 g/mol. The molecule has 0 heterocycles. The van der Waals surface area contributed by atoms with Gasteiger partial charge in [-0.15, -0.1) is 0 Å². The molecule has 3 nitrogen and oxygen atoms in total. The first-order valence-corrected chi connectivity index (χ1v) is 6.07. The van der Waals surface area contributed by atoms with E-state index in [1.807, 2.05) is 0 Å². The number of benzene rings is 1. The van der Waals surface area contributed by atoms with E-state index in [0.717, 1.165) is 4.90 Å². The number of nitrogens with zero attached hydrogens (tertiary/aromatic N) is 1. The molecule has 0 radical (unpaired) electrons. The fourth-order valence-electron chi connectivity index (χ4n) is 2.62. The van der Waals surface area contributed by atoms with Crippen LogP contribution in [0.5, 0.6) is 0 Å². The van der Waals surface area contributed by atoms with Crippen molar-refractivity contribution >= 4 is 5.97 Å². The lowest BCUT2D eigenvalue weighted by molar-refractivity contribution is -0.158. The lowest BCUT2D eigenvalue weighted by Gasteiger charge is -2.28. The van der Waals surface area contributed by atoms with Crippen molar-refractivity contribution in [3.05, 3.63) is 35.1 Å². The van der Waals surface area contributed by atoms with Gasteiger partial charge in [0.15, 0.2) is 0 Å². The maximum absolute atomic E-state index is 13.1. The Morgan fingerprint density at radius 3 is 2.70 bits per heavy atom. The minimum atomic E-state index is -4.47. The number of aryl methyl sites for hydroxylation is 1. The second-order valence-corrected chi connectivity index (χ2v) is 4.81. The largest absolute Gasteiger partial charge is 0.480 e. The van der Waals surface area contributed by atoms with Gasteiger partial charge in [-0.25, -0.2) is 4.39 Å². The van der Waals surface area contributed by atoms with Gasteiger partial charge in [0, 0.05) is 6.04 Å². The Hall–Kier alpha value is -1.63. The van der Waals surface area contributed by atoms with E-state index in [4.69, 9.17) is 5.11 Å². The van der Waals surface area contributed by atoms with Crippen molar-refractivity contribution in [3.8, 4) is 0 Å². The molecular formula is C13H13F4NO2. The number of hydrogen-bond donors (Lipinski definition) is 1. The summed E-state index contributed by atoms with van der Waals surface area (Å²) in [5.41, 5.74) is 1.23. The maximum Gasteiger partial charge on any atom is 0.401 e. The van der Waals surface area contributed by atoms with Gasteiger partial charge in [-0.05, 0) is 36.1 Å². The summed E-state index contributed by atoms with van der Waals surface area (Å²) in [7, 11) is 0. The maximum atomic E-state index is 13.1. The zero-order valence-electron chi connectivity index (χ0n) is 10.5. The van der Waals surface area contributed by atoms with Crippen LogP contribution in [0.25, 0.3) is 0 Å². The van der Waals surface area contributed by atoms with Crippen molar-refractivity contribution in [1.82, 2.24) is 4.90 Å². The average Bonchev–Trinajstić information content (AvgIpc) is 2.68. The van der Waals surface area contributed by atoms with Crippen LogP contribution in [-0.4, -0.2) is 35.2 Å². The molecule has 0 saturated heterocycles. The highest BCUT2D eigenvalue weighted by Gasteiger charge is 2.37. The number of hydrogen-bond acceptors (Lipinski definition) is 2. The normalized spacial score (nSPS) is 18.4. The van der Waals surface area contributed by atoms with E-state index < -0.39 is 37.1 Å². The molecule has 1 aliphatic rings. The topological polar surface area (TPSA) is 40.5 Å². The van der Waals surface area contributed by atoms with Crippen molar-refractivity contribution in [2.24, 2.45) is 0 Å². The van der Waals surface area contributed by atoms with E-state index >= 15 is 0 Å². The summed E-state index contributed by atoms with van der Waals surface area (Å²) in [5.74, 6) is -1.75. The van der Waals surface area contributed by atoms with Crippen LogP contribution in [0.15, 0.2) is 18.2 Å². The van der Waals surface area contributed by atoms with Crippen LogP contribution in [-0.2, 0) is 11.2 Å². The van der Waals surface area contributed by atoms with Gasteiger partial charge < -0.3 is 5.11 Å². The van der Waals surface area contributed by atoms with Crippen LogP contribution >= 0.6 is 0 Å². The number of aliphatic carboxylic acids is 1. The summed E-state index contributed by atoms with van der Waals surface area (Å²) < 4.78 is 50.7. The first-order chi connectivity index (χ1) is 9.26. The van der Waals surface area contributed by atoms with E-state index in [1.165, 1.54) is 18.2 Å². The molecule has 1 aromatic rings. The molecule has 0 bridgehead atoms. The van der Waals surface area contributed by atoms with Gasteiger partial charge in [-0.1, -0.05) is 6.07 Å². The Morgan fingerprint density at radius 2 is 2.10 bits per heavy atom. The first kappa shape index (κ1) is 14.8. The Balaban J connectivity index is 2.25. The van der Waals surface area contributed by atoms with Crippen LogP contribution in [0.1, 0.15) is 23.6 Å². The van der Waals surface area contributed by atoms with Gasteiger partial charge in [0.2, 0.25) is 0 Å². The van der Waals surface area contributed by atoms with Crippen molar-refractivity contribution in [2.45, 2.75) is 25.1 Å². The summed E-state index contributed by atoms with van der Waals surface area (Å²) in [5, 5.41) is 8.76. The van der Waals surface area contributed by atoms with Crippen molar-refractivity contribution < 1.29 is 27.5 Å². The van der Waals surface area contributed by atoms with Crippen molar-refractivity contribution in [3.63, 3.8) is 0 Å². The second-order valence-electron chi connectivity index (χ2n) is 4.81. The smallest absolute Gasteiger partial charge is 0.401 e. The van der Waals surface area contributed by atoms with Gasteiger partial charge in [0.05, 0.1) is 13.1 Å². The minimum Gasteiger partial charge on any atom is -0.480 e. The number of fused-ring (bicyclic) bond motifs is 1.